The summed E-state index contributed by atoms with van der Waals surface area (Å²) >= 11 is 1.34. The summed E-state index contributed by atoms with van der Waals surface area (Å²) in [6.07, 6.45) is 0. The highest BCUT2D eigenvalue weighted by atomic mass is 32.1. The number of H-pyrrole nitrogens is 1. The first-order valence-electron chi connectivity index (χ1n) is 6.93. The van der Waals surface area contributed by atoms with Crippen LogP contribution in [0.25, 0.3) is 0 Å². The van der Waals surface area contributed by atoms with Gasteiger partial charge in [-0.2, -0.15) is 0 Å². The van der Waals surface area contributed by atoms with Gasteiger partial charge in [-0.25, -0.2) is 0 Å². The van der Waals surface area contributed by atoms with Crippen LogP contribution in [0.15, 0.2) is 35.1 Å². The molecule has 0 radical (unpaired) electrons. The third-order valence-electron chi connectivity index (χ3n) is 3.78. The number of aryl methyl sites for hydroxylation is 1. The van der Waals surface area contributed by atoms with Gasteiger partial charge in [0.1, 0.15) is 0 Å². The lowest BCUT2D eigenvalue weighted by atomic mass is 10.2. The first-order valence-corrected chi connectivity index (χ1v) is 7.75. The number of rotatable bonds is 3. The van der Waals surface area contributed by atoms with Crippen LogP contribution >= 0.6 is 11.3 Å². The van der Waals surface area contributed by atoms with E-state index in [4.69, 9.17) is 0 Å². The molecule has 106 valence electrons. The molecule has 3 rings (SSSR count). The Kier molecular flexibility index (Phi) is 3.89. The van der Waals surface area contributed by atoms with Gasteiger partial charge in [0.25, 0.3) is 0 Å². The van der Waals surface area contributed by atoms with Crippen LogP contribution in [-0.4, -0.2) is 36.1 Å². The molecule has 2 heterocycles. The van der Waals surface area contributed by atoms with Crippen molar-refractivity contribution in [1.82, 2.24) is 9.88 Å². The number of aromatic nitrogens is 1. The number of anilines is 1. The smallest absolute Gasteiger partial charge is 0.304 e. The van der Waals surface area contributed by atoms with Crippen LogP contribution < -0.4 is 9.77 Å². The van der Waals surface area contributed by atoms with Crippen molar-refractivity contribution < 1.29 is 0 Å². The minimum Gasteiger partial charge on any atom is -0.369 e. The molecule has 5 heteroatoms. The Balaban J connectivity index is 1.59. The second-order valence-electron chi connectivity index (χ2n) is 5.16. The summed E-state index contributed by atoms with van der Waals surface area (Å²) in [4.78, 5) is 20.3. The Hall–Kier alpha value is -1.59. The van der Waals surface area contributed by atoms with E-state index in [1.165, 1.54) is 21.9 Å². The molecule has 1 aliphatic heterocycles. The lowest BCUT2D eigenvalue weighted by Crippen LogP contribution is -2.45. The maximum Gasteiger partial charge on any atom is 0.304 e. The fourth-order valence-electron chi connectivity index (χ4n) is 2.59. The van der Waals surface area contributed by atoms with Crippen LogP contribution in [0.4, 0.5) is 5.69 Å². The molecule has 0 amide bonds. The van der Waals surface area contributed by atoms with Crippen LogP contribution in [-0.2, 0) is 6.54 Å². The maximum atomic E-state index is 11.3. The van der Waals surface area contributed by atoms with Crippen molar-refractivity contribution in [3.05, 3.63) is 50.6 Å². The highest BCUT2D eigenvalue weighted by Gasteiger charge is 2.18. The van der Waals surface area contributed by atoms with Crippen LogP contribution in [0.3, 0.4) is 0 Å². The SMILES string of the molecule is Cc1[nH]c(=O)sc1CN1CCN(c2ccccc2)CC1. The monoisotopic (exact) mass is 289 g/mol. The van der Waals surface area contributed by atoms with Crippen molar-refractivity contribution in [3.8, 4) is 0 Å². The number of thiazole rings is 1. The number of hydrogen-bond donors (Lipinski definition) is 1. The molecule has 1 aliphatic rings. The molecule has 1 saturated heterocycles. The number of benzene rings is 1. The van der Waals surface area contributed by atoms with E-state index in [9.17, 15) is 4.79 Å². The standard InChI is InChI=1S/C15H19N3OS/c1-12-14(20-15(19)16-12)11-17-7-9-18(10-8-17)13-5-3-2-4-6-13/h2-6H,7-11H2,1H3,(H,16,19). The first kappa shape index (κ1) is 13.4. The predicted octanol–water partition coefficient (Wildman–Crippen LogP) is 2.07. The summed E-state index contributed by atoms with van der Waals surface area (Å²) in [5, 5.41) is 0. The summed E-state index contributed by atoms with van der Waals surface area (Å²) in [7, 11) is 0. The van der Waals surface area contributed by atoms with Gasteiger partial charge in [-0.05, 0) is 19.1 Å². The van der Waals surface area contributed by atoms with Gasteiger partial charge in [-0.15, -0.1) is 0 Å². The van der Waals surface area contributed by atoms with Gasteiger partial charge >= 0.3 is 4.87 Å². The molecule has 1 aromatic heterocycles. The summed E-state index contributed by atoms with van der Waals surface area (Å²) in [5.41, 5.74) is 2.32. The topological polar surface area (TPSA) is 39.3 Å². The maximum absolute atomic E-state index is 11.3. The van der Waals surface area contributed by atoms with Crippen molar-refractivity contribution >= 4 is 17.0 Å². The van der Waals surface area contributed by atoms with E-state index in [2.05, 4.69) is 45.1 Å². The van der Waals surface area contributed by atoms with E-state index in [-0.39, 0.29) is 4.87 Å². The van der Waals surface area contributed by atoms with E-state index in [1.807, 2.05) is 6.92 Å². The lowest BCUT2D eigenvalue weighted by molar-refractivity contribution is 0.251. The quantitative estimate of drug-likeness (QED) is 0.940. The molecule has 1 fully saturated rings. The third kappa shape index (κ3) is 2.94. The molecule has 0 bridgehead atoms. The summed E-state index contributed by atoms with van der Waals surface area (Å²) in [5.74, 6) is 0. The molecule has 2 aromatic rings. The van der Waals surface area contributed by atoms with Crippen LogP contribution in [0.2, 0.25) is 0 Å². The van der Waals surface area contributed by atoms with E-state index in [0.717, 1.165) is 38.4 Å². The van der Waals surface area contributed by atoms with Crippen molar-refractivity contribution in [1.29, 1.82) is 0 Å². The highest BCUT2D eigenvalue weighted by Crippen LogP contribution is 2.18. The van der Waals surface area contributed by atoms with Crippen LogP contribution in [0, 0.1) is 6.92 Å². The van der Waals surface area contributed by atoms with Crippen molar-refractivity contribution in [2.45, 2.75) is 13.5 Å². The van der Waals surface area contributed by atoms with Gasteiger partial charge in [0.2, 0.25) is 0 Å². The zero-order chi connectivity index (χ0) is 13.9. The predicted molar refractivity (Wildman–Crippen MR) is 83.6 cm³/mol. The van der Waals surface area contributed by atoms with Gasteiger partial charge in [0.15, 0.2) is 0 Å². The summed E-state index contributed by atoms with van der Waals surface area (Å²) < 4.78 is 0. The summed E-state index contributed by atoms with van der Waals surface area (Å²) in [6, 6.07) is 10.6. The molecule has 4 nitrogen and oxygen atoms in total. The highest BCUT2D eigenvalue weighted by molar-refractivity contribution is 7.09. The number of piperazine rings is 1. The number of nitrogens with zero attached hydrogens (tertiary/aromatic N) is 2. The molecular weight excluding hydrogens is 270 g/mol. The fraction of sp³-hybridized carbons (Fsp3) is 0.400. The van der Waals surface area contributed by atoms with Crippen LogP contribution in [0.5, 0.6) is 0 Å². The molecule has 0 spiro atoms. The van der Waals surface area contributed by atoms with Crippen molar-refractivity contribution in [3.63, 3.8) is 0 Å². The minimum atomic E-state index is 0.0559. The number of hydrogen-bond acceptors (Lipinski definition) is 4. The second-order valence-corrected chi connectivity index (χ2v) is 6.23. The van der Waals surface area contributed by atoms with Gasteiger partial charge in [-0.1, -0.05) is 29.5 Å². The first-order chi connectivity index (χ1) is 9.72. The van der Waals surface area contributed by atoms with Gasteiger partial charge in [0, 0.05) is 49.0 Å². The molecule has 0 unspecified atom stereocenters. The van der Waals surface area contributed by atoms with Gasteiger partial charge in [0.05, 0.1) is 0 Å². The van der Waals surface area contributed by atoms with E-state index in [1.54, 1.807) is 0 Å². The average Bonchev–Trinajstić information content (AvgIpc) is 2.79. The van der Waals surface area contributed by atoms with Crippen LogP contribution in [0.1, 0.15) is 10.6 Å². The normalized spacial score (nSPS) is 16.6. The fourth-order valence-corrected chi connectivity index (χ4v) is 3.47. The number of para-hydroxylation sites is 1. The molecule has 0 aliphatic carbocycles. The van der Waals surface area contributed by atoms with Crippen molar-refractivity contribution in [2.75, 3.05) is 31.1 Å². The van der Waals surface area contributed by atoms with E-state index in [0.29, 0.717) is 0 Å². The van der Waals surface area contributed by atoms with E-state index < -0.39 is 0 Å². The molecule has 20 heavy (non-hydrogen) atoms. The second kappa shape index (κ2) is 5.81. The van der Waals surface area contributed by atoms with Crippen molar-refractivity contribution in [2.24, 2.45) is 0 Å². The third-order valence-corrected chi connectivity index (χ3v) is 4.75. The average molecular weight is 289 g/mol. The Morgan fingerprint density at radius 1 is 1.15 bits per heavy atom. The zero-order valence-electron chi connectivity index (χ0n) is 11.6. The minimum absolute atomic E-state index is 0.0559. The van der Waals surface area contributed by atoms with Gasteiger partial charge in [-0.3, -0.25) is 9.69 Å². The summed E-state index contributed by atoms with van der Waals surface area (Å²) in [6.45, 7) is 7.04. The molecule has 0 saturated carbocycles. The Morgan fingerprint density at radius 3 is 2.45 bits per heavy atom. The lowest BCUT2D eigenvalue weighted by Gasteiger charge is -2.35. The number of nitrogens with one attached hydrogen (secondary N) is 1. The Morgan fingerprint density at radius 2 is 1.85 bits per heavy atom. The molecular formula is C15H19N3OS. The molecule has 0 atom stereocenters. The van der Waals surface area contributed by atoms with E-state index >= 15 is 0 Å². The molecule has 1 N–H and O–H groups in total. The largest absolute Gasteiger partial charge is 0.369 e. The Labute approximate surface area is 122 Å². The number of aromatic amines is 1. The zero-order valence-corrected chi connectivity index (χ0v) is 12.4. The van der Waals surface area contributed by atoms with Gasteiger partial charge < -0.3 is 9.88 Å². The molecule has 1 aromatic carbocycles. The Bertz CT molecular complexity index is 612.